The van der Waals surface area contributed by atoms with Crippen molar-refractivity contribution in [3.8, 4) is 0 Å². The van der Waals surface area contributed by atoms with E-state index in [1.165, 1.54) is 18.3 Å². The van der Waals surface area contributed by atoms with Crippen molar-refractivity contribution >= 4 is 11.5 Å². The molecular weight excluding hydrogens is 236 g/mol. The Morgan fingerprint density at radius 3 is 3.22 bits per heavy atom. The number of pyridine rings is 1. The van der Waals surface area contributed by atoms with Crippen LogP contribution in [0, 0.1) is 16.0 Å². The number of nitrogens with zero attached hydrogens (tertiary/aromatic N) is 2. The molecule has 96 valence electrons. The lowest BCUT2D eigenvalue weighted by Gasteiger charge is -2.45. The standard InChI is InChI=1S/C11H14N4O3/c12-9-7-2-4-18-11(7)10(9)14-8-5-6(15(16)17)1-3-13-8/h1,3,5,7,9-11H,2,4,12H2,(H,13,14). The molecule has 0 radical (unpaired) electrons. The number of rotatable bonds is 3. The molecule has 0 spiro atoms. The lowest BCUT2D eigenvalue weighted by atomic mass is 9.72. The summed E-state index contributed by atoms with van der Waals surface area (Å²) in [5.74, 6) is 0.875. The summed E-state index contributed by atoms with van der Waals surface area (Å²) in [5, 5.41) is 13.8. The fourth-order valence-electron chi connectivity index (χ4n) is 2.71. The number of nitrogens with two attached hydrogens (primary N) is 1. The molecule has 0 amide bonds. The van der Waals surface area contributed by atoms with Gasteiger partial charge in [0.05, 0.1) is 23.1 Å². The molecule has 4 atom stereocenters. The molecule has 7 nitrogen and oxygen atoms in total. The van der Waals surface area contributed by atoms with Gasteiger partial charge in [0.25, 0.3) is 5.69 Å². The van der Waals surface area contributed by atoms with Gasteiger partial charge in [0.1, 0.15) is 5.82 Å². The highest BCUT2D eigenvalue weighted by molar-refractivity contribution is 5.46. The number of aromatic nitrogens is 1. The minimum Gasteiger partial charge on any atom is -0.376 e. The van der Waals surface area contributed by atoms with Gasteiger partial charge in [0.15, 0.2) is 0 Å². The van der Waals surface area contributed by atoms with Crippen LogP contribution in [0.15, 0.2) is 18.3 Å². The fraction of sp³-hybridized carbons (Fsp3) is 0.545. The van der Waals surface area contributed by atoms with Gasteiger partial charge in [-0.25, -0.2) is 4.98 Å². The van der Waals surface area contributed by atoms with Gasteiger partial charge in [-0.3, -0.25) is 10.1 Å². The van der Waals surface area contributed by atoms with Crippen molar-refractivity contribution in [2.75, 3.05) is 11.9 Å². The van der Waals surface area contributed by atoms with E-state index < -0.39 is 4.92 Å². The predicted molar refractivity (Wildman–Crippen MR) is 64.1 cm³/mol. The summed E-state index contributed by atoms with van der Waals surface area (Å²) in [6, 6.07) is 2.79. The van der Waals surface area contributed by atoms with Crippen LogP contribution in [0.4, 0.5) is 11.5 Å². The maximum atomic E-state index is 10.7. The summed E-state index contributed by atoms with van der Waals surface area (Å²) in [4.78, 5) is 14.3. The van der Waals surface area contributed by atoms with Crippen LogP contribution in [-0.4, -0.2) is 34.7 Å². The van der Waals surface area contributed by atoms with Gasteiger partial charge in [-0.2, -0.15) is 0 Å². The third-order valence-corrected chi connectivity index (χ3v) is 3.72. The van der Waals surface area contributed by atoms with Crippen molar-refractivity contribution in [2.45, 2.75) is 24.6 Å². The summed E-state index contributed by atoms with van der Waals surface area (Å²) >= 11 is 0. The lowest BCUT2D eigenvalue weighted by Crippen LogP contribution is -2.65. The molecule has 1 aromatic heterocycles. The summed E-state index contributed by atoms with van der Waals surface area (Å²) < 4.78 is 5.58. The number of nitrogens with one attached hydrogen (secondary N) is 1. The molecule has 1 aliphatic carbocycles. The normalized spacial score (nSPS) is 33.6. The predicted octanol–water partition coefficient (Wildman–Crippen LogP) is 0.516. The van der Waals surface area contributed by atoms with Crippen molar-refractivity contribution in [1.29, 1.82) is 0 Å². The van der Waals surface area contributed by atoms with Crippen molar-refractivity contribution in [3.63, 3.8) is 0 Å². The van der Waals surface area contributed by atoms with Crippen LogP contribution >= 0.6 is 0 Å². The SMILES string of the molecule is NC1C2CCOC2C1Nc1cc([N+](=O)[O-])ccn1. The van der Waals surface area contributed by atoms with Gasteiger partial charge in [0.2, 0.25) is 0 Å². The van der Waals surface area contributed by atoms with E-state index in [1.54, 1.807) is 0 Å². The first-order valence-corrected chi connectivity index (χ1v) is 5.91. The highest BCUT2D eigenvalue weighted by Crippen LogP contribution is 2.39. The van der Waals surface area contributed by atoms with E-state index in [-0.39, 0.29) is 23.9 Å². The Bertz CT molecular complexity index is 481. The number of nitro groups is 1. The van der Waals surface area contributed by atoms with E-state index in [2.05, 4.69) is 10.3 Å². The topological polar surface area (TPSA) is 103 Å². The Balaban J connectivity index is 1.73. The summed E-state index contributed by atoms with van der Waals surface area (Å²) in [6.07, 6.45) is 2.52. The second kappa shape index (κ2) is 4.18. The van der Waals surface area contributed by atoms with E-state index in [9.17, 15) is 10.1 Å². The first-order chi connectivity index (χ1) is 8.66. The van der Waals surface area contributed by atoms with Crippen LogP contribution < -0.4 is 11.1 Å². The third-order valence-electron chi connectivity index (χ3n) is 3.72. The van der Waals surface area contributed by atoms with Gasteiger partial charge >= 0.3 is 0 Å². The second-order valence-electron chi connectivity index (χ2n) is 4.69. The molecule has 2 fully saturated rings. The number of anilines is 1. The molecule has 4 unspecified atom stereocenters. The van der Waals surface area contributed by atoms with E-state index in [4.69, 9.17) is 10.5 Å². The highest BCUT2D eigenvalue weighted by atomic mass is 16.6. The van der Waals surface area contributed by atoms with Crippen molar-refractivity contribution in [1.82, 2.24) is 4.98 Å². The second-order valence-corrected chi connectivity index (χ2v) is 4.69. The number of hydrogen-bond acceptors (Lipinski definition) is 6. The Kier molecular flexibility index (Phi) is 2.64. The van der Waals surface area contributed by atoms with Gasteiger partial charge in [-0.15, -0.1) is 0 Å². The number of fused-ring (bicyclic) bond motifs is 1. The van der Waals surface area contributed by atoms with E-state index in [0.29, 0.717) is 11.7 Å². The van der Waals surface area contributed by atoms with Crippen molar-refractivity contribution < 1.29 is 9.66 Å². The van der Waals surface area contributed by atoms with Crippen LogP contribution in [-0.2, 0) is 4.74 Å². The molecule has 1 aliphatic heterocycles. The molecule has 0 aromatic carbocycles. The zero-order valence-corrected chi connectivity index (χ0v) is 9.65. The summed E-state index contributed by atoms with van der Waals surface area (Å²) in [5.41, 5.74) is 6.07. The molecule has 1 aromatic rings. The van der Waals surface area contributed by atoms with Gasteiger partial charge in [-0.05, 0) is 6.42 Å². The average molecular weight is 250 g/mol. The van der Waals surface area contributed by atoms with E-state index in [1.807, 2.05) is 0 Å². The Labute approximate surface area is 103 Å². The monoisotopic (exact) mass is 250 g/mol. The van der Waals surface area contributed by atoms with Crippen LogP contribution in [0.2, 0.25) is 0 Å². The maximum absolute atomic E-state index is 10.7. The Hall–Kier alpha value is -1.73. The molecule has 3 rings (SSSR count). The molecule has 1 saturated heterocycles. The maximum Gasteiger partial charge on any atom is 0.274 e. The molecule has 1 saturated carbocycles. The molecule has 3 N–H and O–H groups in total. The smallest absolute Gasteiger partial charge is 0.274 e. The van der Waals surface area contributed by atoms with Crippen LogP contribution in [0.3, 0.4) is 0 Å². The first-order valence-electron chi connectivity index (χ1n) is 5.91. The van der Waals surface area contributed by atoms with Gasteiger partial charge in [-0.1, -0.05) is 0 Å². The zero-order chi connectivity index (χ0) is 12.7. The van der Waals surface area contributed by atoms with Crippen LogP contribution in [0.25, 0.3) is 0 Å². The highest BCUT2D eigenvalue weighted by Gasteiger charge is 2.52. The van der Waals surface area contributed by atoms with Crippen molar-refractivity contribution in [3.05, 3.63) is 28.4 Å². The average Bonchev–Trinajstić information content (AvgIpc) is 2.81. The number of ether oxygens (including phenoxy) is 1. The molecule has 0 bridgehead atoms. The Morgan fingerprint density at radius 2 is 2.44 bits per heavy atom. The zero-order valence-electron chi connectivity index (χ0n) is 9.65. The summed E-state index contributed by atoms with van der Waals surface area (Å²) in [6.45, 7) is 0.740. The minimum absolute atomic E-state index is 0.00740. The van der Waals surface area contributed by atoms with E-state index >= 15 is 0 Å². The fourth-order valence-corrected chi connectivity index (χ4v) is 2.71. The largest absolute Gasteiger partial charge is 0.376 e. The van der Waals surface area contributed by atoms with E-state index in [0.717, 1.165) is 13.0 Å². The van der Waals surface area contributed by atoms with Crippen molar-refractivity contribution in [2.24, 2.45) is 11.7 Å². The number of hydrogen-bond donors (Lipinski definition) is 2. The molecular formula is C11H14N4O3. The third kappa shape index (κ3) is 1.72. The molecule has 18 heavy (non-hydrogen) atoms. The molecule has 7 heteroatoms. The quantitative estimate of drug-likeness (QED) is 0.598. The van der Waals surface area contributed by atoms with Gasteiger partial charge in [0, 0.05) is 30.8 Å². The van der Waals surface area contributed by atoms with Gasteiger partial charge < -0.3 is 15.8 Å². The van der Waals surface area contributed by atoms with Crippen LogP contribution in [0.5, 0.6) is 0 Å². The minimum atomic E-state index is -0.442. The Morgan fingerprint density at radius 1 is 1.61 bits per heavy atom. The summed E-state index contributed by atoms with van der Waals surface area (Å²) in [7, 11) is 0. The van der Waals surface area contributed by atoms with Crippen LogP contribution in [0.1, 0.15) is 6.42 Å². The lowest BCUT2D eigenvalue weighted by molar-refractivity contribution is -0.384. The first kappa shape index (κ1) is 11.4. The molecule has 2 aliphatic rings. The molecule has 2 heterocycles.